The van der Waals surface area contributed by atoms with Gasteiger partial charge in [0.1, 0.15) is 0 Å². The van der Waals surface area contributed by atoms with Gasteiger partial charge in [-0.05, 0) is 53.9 Å². The lowest BCUT2D eigenvalue weighted by molar-refractivity contribution is -0.125. The molecule has 3 heteroatoms. The van der Waals surface area contributed by atoms with Crippen LogP contribution in [0, 0.1) is 11.8 Å². The van der Waals surface area contributed by atoms with Crippen molar-refractivity contribution in [2.45, 2.75) is 43.6 Å². The summed E-state index contributed by atoms with van der Waals surface area (Å²) in [6.45, 7) is 0.772. The minimum absolute atomic E-state index is 0.116. The number of carbonyl (C=O) groups is 1. The fourth-order valence-electron chi connectivity index (χ4n) is 5.59. The predicted molar refractivity (Wildman–Crippen MR) is 103 cm³/mol. The van der Waals surface area contributed by atoms with Crippen molar-refractivity contribution in [3.8, 4) is 0 Å². The van der Waals surface area contributed by atoms with Crippen LogP contribution < -0.4 is 11.1 Å². The Morgan fingerprint density at radius 2 is 1.54 bits per heavy atom. The fourth-order valence-corrected chi connectivity index (χ4v) is 5.59. The molecule has 3 N–H and O–H groups in total. The van der Waals surface area contributed by atoms with E-state index in [2.05, 4.69) is 53.8 Å². The first-order valence-electron chi connectivity index (χ1n) is 9.93. The second-order valence-electron chi connectivity index (χ2n) is 8.30. The zero-order chi connectivity index (χ0) is 17.7. The Hall–Kier alpha value is -2.13. The highest BCUT2D eigenvalue weighted by atomic mass is 16.1. The average molecular weight is 346 g/mol. The van der Waals surface area contributed by atoms with E-state index >= 15 is 0 Å². The molecule has 134 valence electrons. The van der Waals surface area contributed by atoms with Crippen LogP contribution in [0.3, 0.4) is 0 Å². The number of amides is 1. The lowest BCUT2D eigenvalue weighted by Crippen LogP contribution is -2.40. The summed E-state index contributed by atoms with van der Waals surface area (Å²) in [5.41, 5.74) is 11.9. The van der Waals surface area contributed by atoms with Crippen molar-refractivity contribution >= 4 is 5.91 Å². The lowest BCUT2D eigenvalue weighted by Gasteiger charge is -2.45. The van der Waals surface area contributed by atoms with Crippen molar-refractivity contribution in [2.75, 3.05) is 6.54 Å². The Kier molecular flexibility index (Phi) is 3.86. The molecule has 0 aromatic heterocycles. The Morgan fingerprint density at radius 3 is 2.12 bits per heavy atom. The molecule has 1 amide bonds. The predicted octanol–water partition coefficient (Wildman–Crippen LogP) is 3.53. The summed E-state index contributed by atoms with van der Waals surface area (Å²) >= 11 is 0. The second-order valence-corrected chi connectivity index (χ2v) is 8.30. The molecule has 2 bridgehead atoms. The van der Waals surface area contributed by atoms with E-state index in [4.69, 9.17) is 5.73 Å². The van der Waals surface area contributed by atoms with Gasteiger partial charge in [-0.1, -0.05) is 48.5 Å². The van der Waals surface area contributed by atoms with Crippen molar-refractivity contribution in [1.29, 1.82) is 0 Å². The van der Waals surface area contributed by atoms with Gasteiger partial charge in [0.05, 0.1) is 0 Å². The van der Waals surface area contributed by atoms with Gasteiger partial charge in [0.15, 0.2) is 0 Å². The summed E-state index contributed by atoms with van der Waals surface area (Å²) < 4.78 is 0. The van der Waals surface area contributed by atoms with Crippen molar-refractivity contribution < 1.29 is 4.79 Å². The number of hydrogen-bond donors (Lipinski definition) is 2. The van der Waals surface area contributed by atoms with E-state index in [-0.39, 0.29) is 17.9 Å². The molecule has 0 radical (unpaired) electrons. The first-order chi connectivity index (χ1) is 12.7. The number of benzene rings is 2. The van der Waals surface area contributed by atoms with Crippen LogP contribution in [0.5, 0.6) is 0 Å². The summed E-state index contributed by atoms with van der Waals surface area (Å²) in [7, 11) is 0. The van der Waals surface area contributed by atoms with Crippen LogP contribution in [0.15, 0.2) is 48.5 Å². The third-order valence-corrected chi connectivity index (χ3v) is 6.81. The maximum atomic E-state index is 12.6. The Morgan fingerprint density at radius 1 is 0.923 bits per heavy atom. The van der Waals surface area contributed by atoms with Gasteiger partial charge in [0.2, 0.25) is 5.91 Å². The van der Waals surface area contributed by atoms with Gasteiger partial charge in [-0.2, -0.15) is 0 Å². The highest BCUT2D eigenvalue weighted by Gasteiger charge is 2.43. The molecule has 6 rings (SSSR count). The van der Waals surface area contributed by atoms with E-state index < -0.39 is 0 Å². The van der Waals surface area contributed by atoms with Crippen LogP contribution in [0.25, 0.3) is 0 Å². The Labute approximate surface area is 155 Å². The molecule has 4 aliphatic rings. The number of hydrogen-bond acceptors (Lipinski definition) is 2. The first kappa shape index (κ1) is 16.1. The van der Waals surface area contributed by atoms with Crippen molar-refractivity contribution in [3.05, 3.63) is 70.8 Å². The largest absolute Gasteiger partial charge is 0.356 e. The van der Waals surface area contributed by atoms with Gasteiger partial charge in [0.25, 0.3) is 0 Å². The molecule has 0 saturated heterocycles. The maximum absolute atomic E-state index is 12.6. The number of fused-ring (bicyclic) bond motifs is 1. The zero-order valence-electron chi connectivity index (χ0n) is 15.0. The number of nitrogens with one attached hydrogen (secondary N) is 1. The quantitative estimate of drug-likeness (QED) is 0.893. The van der Waals surface area contributed by atoms with Crippen molar-refractivity contribution in [2.24, 2.45) is 17.6 Å². The van der Waals surface area contributed by atoms with E-state index in [0.717, 1.165) is 32.2 Å². The highest BCUT2D eigenvalue weighted by Crippen LogP contribution is 2.55. The smallest absolute Gasteiger partial charge is 0.223 e. The lowest BCUT2D eigenvalue weighted by atomic mass is 9.59. The molecule has 3 nitrogen and oxygen atoms in total. The molecule has 3 atom stereocenters. The molecule has 4 aliphatic carbocycles. The topological polar surface area (TPSA) is 55.1 Å². The second kappa shape index (κ2) is 6.24. The van der Waals surface area contributed by atoms with Gasteiger partial charge in [-0.3, -0.25) is 4.79 Å². The summed E-state index contributed by atoms with van der Waals surface area (Å²) in [6.07, 6.45) is 3.89. The summed E-state index contributed by atoms with van der Waals surface area (Å²) in [5, 5.41) is 3.27. The molecule has 26 heavy (non-hydrogen) atoms. The van der Waals surface area contributed by atoms with Gasteiger partial charge in [-0.25, -0.2) is 0 Å². The standard InChI is InChI=1S/C23H26N2O/c24-16-10-9-14(11-16)23(26)25-13-15-12-21-17-5-1-3-7-19(17)22(15)20-8-4-2-6-18(20)21/h1-8,14-16,21-22H,9-13,24H2,(H,25,26). The number of carbonyl (C=O) groups excluding carboxylic acids is 1. The van der Waals surface area contributed by atoms with E-state index in [9.17, 15) is 4.79 Å². The molecule has 2 aromatic carbocycles. The number of nitrogens with two attached hydrogens (primary N) is 1. The molecule has 0 heterocycles. The minimum Gasteiger partial charge on any atom is -0.356 e. The zero-order valence-corrected chi connectivity index (χ0v) is 15.0. The average Bonchev–Trinajstić information content (AvgIpc) is 3.13. The van der Waals surface area contributed by atoms with E-state index in [1.54, 1.807) is 0 Å². The van der Waals surface area contributed by atoms with Gasteiger partial charge < -0.3 is 11.1 Å². The van der Waals surface area contributed by atoms with Gasteiger partial charge in [0, 0.05) is 30.3 Å². The molecule has 0 aliphatic heterocycles. The van der Waals surface area contributed by atoms with Gasteiger partial charge >= 0.3 is 0 Å². The molecule has 1 saturated carbocycles. The van der Waals surface area contributed by atoms with Gasteiger partial charge in [-0.15, -0.1) is 0 Å². The molecule has 0 spiro atoms. The van der Waals surface area contributed by atoms with Crippen LogP contribution >= 0.6 is 0 Å². The van der Waals surface area contributed by atoms with Crippen LogP contribution in [-0.2, 0) is 4.79 Å². The fraction of sp³-hybridized carbons (Fsp3) is 0.435. The highest BCUT2D eigenvalue weighted by molar-refractivity contribution is 5.79. The van der Waals surface area contributed by atoms with Crippen LogP contribution in [0.4, 0.5) is 0 Å². The third-order valence-electron chi connectivity index (χ3n) is 6.81. The molecule has 2 aromatic rings. The Balaban J connectivity index is 1.39. The van der Waals surface area contributed by atoms with Crippen LogP contribution in [-0.4, -0.2) is 18.5 Å². The van der Waals surface area contributed by atoms with Crippen molar-refractivity contribution in [1.82, 2.24) is 5.32 Å². The SMILES string of the molecule is NC1CCC(C(=O)NCC2CC3c4ccccc4C2c2ccccc23)C1. The minimum atomic E-state index is 0.116. The first-order valence-corrected chi connectivity index (χ1v) is 9.93. The molecule has 3 unspecified atom stereocenters. The normalized spacial score (nSPS) is 31.3. The summed E-state index contributed by atoms with van der Waals surface area (Å²) in [4.78, 5) is 12.6. The Bertz CT molecular complexity index is 798. The molecular weight excluding hydrogens is 320 g/mol. The van der Waals surface area contributed by atoms with Crippen LogP contribution in [0.2, 0.25) is 0 Å². The van der Waals surface area contributed by atoms with E-state index in [1.165, 1.54) is 22.3 Å². The summed E-state index contributed by atoms with van der Waals surface area (Å²) in [5.74, 6) is 1.67. The monoisotopic (exact) mass is 346 g/mol. The maximum Gasteiger partial charge on any atom is 0.223 e. The molecule has 1 fully saturated rings. The van der Waals surface area contributed by atoms with E-state index in [0.29, 0.717) is 17.8 Å². The van der Waals surface area contributed by atoms with Crippen LogP contribution in [0.1, 0.15) is 59.8 Å². The third kappa shape index (κ3) is 2.49. The molecular formula is C23H26N2O. The number of rotatable bonds is 3. The van der Waals surface area contributed by atoms with E-state index in [1.807, 2.05) is 0 Å². The summed E-state index contributed by atoms with van der Waals surface area (Å²) in [6, 6.07) is 18.0. The van der Waals surface area contributed by atoms with Crippen molar-refractivity contribution in [3.63, 3.8) is 0 Å².